The van der Waals surface area contributed by atoms with Gasteiger partial charge in [-0.2, -0.15) is 0 Å². The maximum Gasteiger partial charge on any atom is 0.346 e. The number of methoxy groups -OCH3 is 1. The van der Waals surface area contributed by atoms with Crippen LogP contribution in [0.4, 0.5) is 5.82 Å². The van der Waals surface area contributed by atoms with Gasteiger partial charge in [0.25, 0.3) is 0 Å². The van der Waals surface area contributed by atoms with E-state index in [9.17, 15) is 9.59 Å². The first kappa shape index (κ1) is 10.9. The van der Waals surface area contributed by atoms with E-state index in [4.69, 9.17) is 5.21 Å². The van der Waals surface area contributed by atoms with Gasteiger partial charge >= 0.3 is 11.7 Å². The second-order valence-corrected chi connectivity index (χ2v) is 2.49. The standard InChI is InChI=1S/C8H9N3O4/c1-15-6(12)3-2-5-4-9-8(13)10-7(5)11-14/h2-4,14H,1H3,(H2,9,10,11,13). The summed E-state index contributed by atoms with van der Waals surface area (Å²) in [4.78, 5) is 27.2. The first-order chi connectivity index (χ1) is 7.17. The minimum Gasteiger partial charge on any atom is -0.466 e. The number of nitrogens with zero attached hydrogens (tertiary/aromatic N) is 1. The molecule has 0 aliphatic carbocycles. The quantitative estimate of drug-likeness (QED) is 0.362. The predicted octanol–water partition coefficient (Wildman–Crippen LogP) is -0.243. The zero-order valence-corrected chi connectivity index (χ0v) is 7.85. The first-order valence-corrected chi connectivity index (χ1v) is 3.93. The molecule has 0 radical (unpaired) electrons. The summed E-state index contributed by atoms with van der Waals surface area (Å²) in [7, 11) is 1.24. The number of hydrogen-bond donors (Lipinski definition) is 3. The monoisotopic (exact) mass is 211 g/mol. The number of carbonyl (C=O) groups excluding carboxylic acids is 1. The summed E-state index contributed by atoms with van der Waals surface area (Å²) in [6, 6.07) is 0. The zero-order valence-electron chi connectivity index (χ0n) is 7.85. The van der Waals surface area contributed by atoms with Gasteiger partial charge in [0.2, 0.25) is 0 Å². The molecule has 0 bridgehead atoms. The van der Waals surface area contributed by atoms with E-state index in [-0.39, 0.29) is 5.82 Å². The molecule has 0 saturated heterocycles. The number of carbonyl (C=O) groups is 1. The van der Waals surface area contributed by atoms with Crippen molar-refractivity contribution in [1.82, 2.24) is 9.97 Å². The fourth-order valence-electron chi connectivity index (χ4n) is 0.849. The van der Waals surface area contributed by atoms with E-state index in [0.29, 0.717) is 5.56 Å². The van der Waals surface area contributed by atoms with Gasteiger partial charge in [-0.3, -0.25) is 15.7 Å². The fraction of sp³-hybridized carbons (Fsp3) is 0.125. The molecule has 15 heavy (non-hydrogen) atoms. The Morgan fingerprint density at radius 1 is 1.73 bits per heavy atom. The Bertz CT molecular complexity index is 438. The Morgan fingerprint density at radius 3 is 3.07 bits per heavy atom. The number of H-pyrrole nitrogens is 1. The minimum atomic E-state index is -0.609. The molecular formula is C8H9N3O4. The number of nitrogens with one attached hydrogen (secondary N) is 2. The van der Waals surface area contributed by atoms with E-state index in [1.54, 1.807) is 5.48 Å². The lowest BCUT2D eigenvalue weighted by Gasteiger charge is -2.01. The third-order valence-corrected chi connectivity index (χ3v) is 1.55. The molecule has 0 saturated carbocycles. The van der Waals surface area contributed by atoms with Gasteiger partial charge < -0.3 is 4.74 Å². The van der Waals surface area contributed by atoms with Crippen molar-refractivity contribution in [1.29, 1.82) is 0 Å². The lowest BCUT2D eigenvalue weighted by atomic mass is 10.3. The van der Waals surface area contributed by atoms with Crippen molar-refractivity contribution in [2.75, 3.05) is 12.6 Å². The predicted molar refractivity (Wildman–Crippen MR) is 51.3 cm³/mol. The Morgan fingerprint density at radius 2 is 2.47 bits per heavy atom. The highest BCUT2D eigenvalue weighted by Gasteiger charge is 2.00. The summed E-state index contributed by atoms with van der Waals surface area (Å²) in [6.45, 7) is 0. The normalized spacial score (nSPS) is 10.3. The minimum absolute atomic E-state index is 0.0511. The summed E-state index contributed by atoms with van der Waals surface area (Å²) in [6.07, 6.45) is 3.68. The summed E-state index contributed by atoms with van der Waals surface area (Å²) >= 11 is 0. The van der Waals surface area contributed by atoms with Crippen LogP contribution in [0, 0.1) is 0 Å². The Labute approximate surface area is 84.4 Å². The van der Waals surface area contributed by atoms with Crippen molar-refractivity contribution in [3.63, 3.8) is 0 Å². The smallest absolute Gasteiger partial charge is 0.346 e. The van der Waals surface area contributed by atoms with Gasteiger partial charge in [-0.25, -0.2) is 14.6 Å². The maximum absolute atomic E-state index is 10.8. The molecule has 0 aliphatic heterocycles. The Hall–Kier alpha value is -2.15. The summed E-state index contributed by atoms with van der Waals surface area (Å²) in [5.41, 5.74) is 1.52. The van der Waals surface area contributed by atoms with Gasteiger partial charge in [0, 0.05) is 17.8 Å². The third kappa shape index (κ3) is 2.92. The molecule has 0 fully saturated rings. The van der Waals surface area contributed by atoms with Crippen LogP contribution in [0.5, 0.6) is 0 Å². The van der Waals surface area contributed by atoms with Gasteiger partial charge in [-0.05, 0) is 6.08 Å². The highest BCUT2D eigenvalue weighted by Crippen LogP contribution is 2.09. The number of ether oxygens (including phenoxy) is 1. The highest BCUT2D eigenvalue weighted by molar-refractivity contribution is 5.87. The molecule has 1 aromatic heterocycles. The zero-order chi connectivity index (χ0) is 11.3. The molecule has 0 atom stereocenters. The maximum atomic E-state index is 10.8. The largest absolute Gasteiger partial charge is 0.466 e. The topological polar surface area (TPSA) is 104 Å². The molecule has 1 aromatic rings. The van der Waals surface area contributed by atoms with Crippen LogP contribution < -0.4 is 11.2 Å². The van der Waals surface area contributed by atoms with Crippen molar-refractivity contribution in [2.45, 2.75) is 0 Å². The van der Waals surface area contributed by atoms with Gasteiger partial charge in [0.1, 0.15) is 5.82 Å². The Kier molecular flexibility index (Phi) is 3.58. The number of anilines is 1. The molecular weight excluding hydrogens is 202 g/mol. The van der Waals surface area contributed by atoms with Crippen LogP contribution in [-0.4, -0.2) is 28.3 Å². The van der Waals surface area contributed by atoms with Crippen LogP contribution >= 0.6 is 0 Å². The van der Waals surface area contributed by atoms with E-state index in [0.717, 1.165) is 6.08 Å². The van der Waals surface area contributed by atoms with Gasteiger partial charge in [-0.15, -0.1) is 0 Å². The van der Waals surface area contributed by atoms with Crippen LogP contribution in [0.1, 0.15) is 5.56 Å². The second kappa shape index (κ2) is 4.91. The summed E-state index contributed by atoms with van der Waals surface area (Å²) in [5.74, 6) is -0.500. The van der Waals surface area contributed by atoms with Gasteiger partial charge in [0.15, 0.2) is 0 Å². The molecule has 0 spiro atoms. The molecule has 80 valence electrons. The summed E-state index contributed by atoms with van der Waals surface area (Å²) < 4.78 is 4.37. The van der Waals surface area contributed by atoms with Crippen LogP contribution in [0.2, 0.25) is 0 Å². The van der Waals surface area contributed by atoms with E-state index < -0.39 is 11.7 Å². The molecule has 0 aromatic carbocycles. The van der Waals surface area contributed by atoms with Crippen LogP contribution in [0.3, 0.4) is 0 Å². The van der Waals surface area contributed by atoms with Crippen molar-refractivity contribution < 1.29 is 14.7 Å². The average Bonchev–Trinajstić information content (AvgIpc) is 2.26. The lowest BCUT2D eigenvalue weighted by Crippen LogP contribution is -2.13. The number of rotatable bonds is 3. The number of aromatic amines is 1. The lowest BCUT2D eigenvalue weighted by molar-refractivity contribution is -0.134. The second-order valence-electron chi connectivity index (χ2n) is 2.49. The molecule has 1 heterocycles. The molecule has 0 amide bonds. The van der Waals surface area contributed by atoms with E-state index >= 15 is 0 Å². The molecule has 1 rings (SSSR count). The van der Waals surface area contributed by atoms with Crippen LogP contribution in [-0.2, 0) is 9.53 Å². The fourth-order valence-corrected chi connectivity index (χ4v) is 0.849. The molecule has 0 unspecified atom stereocenters. The van der Waals surface area contributed by atoms with Crippen LogP contribution in [0.25, 0.3) is 6.08 Å². The van der Waals surface area contributed by atoms with E-state index in [1.807, 2.05) is 0 Å². The van der Waals surface area contributed by atoms with Crippen molar-refractivity contribution >= 4 is 17.9 Å². The third-order valence-electron chi connectivity index (χ3n) is 1.55. The van der Waals surface area contributed by atoms with E-state index in [1.165, 1.54) is 19.4 Å². The molecule has 0 aliphatic rings. The van der Waals surface area contributed by atoms with E-state index in [2.05, 4.69) is 14.7 Å². The number of esters is 1. The highest BCUT2D eigenvalue weighted by atomic mass is 16.5. The summed E-state index contributed by atoms with van der Waals surface area (Å²) in [5, 5.41) is 8.67. The average molecular weight is 211 g/mol. The van der Waals surface area contributed by atoms with Gasteiger partial charge in [-0.1, -0.05) is 0 Å². The van der Waals surface area contributed by atoms with Crippen molar-refractivity contribution in [3.8, 4) is 0 Å². The van der Waals surface area contributed by atoms with Crippen molar-refractivity contribution in [3.05, 3.63) is 28.3 Å². The van der Waals surface area contributed by atoms with Crippen LogP contribution in [0.15, 0.2) is 17.1 Å². The first-order valence-electron chi connectivity index (χ1n) is 3.93. The molecule has 3 N–H and O–H groups in total. The van der Waals surface area contributed by atoms with Gasteiger partial charge in [0.05, 0.1) is 7.11 Å². The number of aromatic nitrogens is 2. The Balaban J connectivity index is 2.99. The molecule has 7 heteroatoms. The SMILES string of the molecule is COC(=O)C=Cc1cnc(=O)[nH]c1NO. The van der Waals surface area contributed by atoms with Crippen molar-refractivity contribution in [2.24, 2.45) is 0 Å². The molecule has 7 nitrogen and oxygen atoms in total. The number of hydrogen-bond acceptors (Lipinski definition) is 6.